The first kappa shape index (κ1) is 10.0. The van der Waals surface area contributed by atoms with Crippen LogP contribution in [0.2, 0.25) is 0 Å². The highest BCUT2D eigenvalue weighted by Gasteiger charge is 2.17. The van der Waals surface area contributed by atoms with Crippen molar-refractivity contribution in [2.75, 3.05) is 0 Å². The maximum Gasteiger partial charge on any atom is 0.0540 e. The fraction of sp³-hybridized carbons (Fsp3) is 1.00. The van der Waals surface area contributed by atoms with Gasteiger partial charge in [-0.2, -0.15) is 0 Å². The predicted octanol–water partition coefficient (Wildman–Crippen LogP) is 2.97. The SMILES string of the molecule is CC(C)C1CCCCC(O)CC1. The van der Waals surface area contributed by atoms with Crippen molar-refractivity contribution in [1.29, 1.82) is 0 Å². The molecule has 1 fully saturated rings. The van der Waals surface area contributed by atoms with Crippen LogP contribution in [0.4, 0.5) is 0 Å². The van der Waals surface area contributed by atoms with E-state index in [2.05, 4.69) is 13.8 Å². The van der Waals surface area contributed by atoms with Gasteiger partial charge >= 0.3 is 0 Å². The molecule has 72 valence electrons. The molecule has 1 heteroatoms. The average molecular weight is 170 g/mol. The van der Waals surface area contributed by atoms with Crippen LogP contribution in [0.25, 0.3) is 0 Å². The molecule has 0 bridgehead atoms. The fourth-order valence-corrected chi connectivity index (χ4v) is 2.15. The molecule has 0 amide bonds. The van der Waals surface area contributed by atoms with Gasteiger partial charge in [-0.15, -0.1) is 0 Å². The van der Waals surface area contributed by atoms with Gasteiger partial charge in [0.2, 0.25) is 0 Å². The molecule has 2 unspecified atom stereocenters. The Balaban J connectivity index is 2.34. The van der Waals surface area contributed by atoms with Crippen molar-refractivity contribution in [2.24, 2.45) is 11.8 Å². The van der Waals surface area contributed by atoms with E-state index in [1.54, 1.807) is 0 Å². The molecule has 0 saturated heterocycles. The van der Waals surface area contributed by atoms with Gasteiger partial charge in [-0.3, -0.25) is 0 Å². The zero-order valence-corrected chi connectivity index (χ0v) is 8.42. The second-order valence-electron chi connectivity index (χ2n) is 4.52. The highest BCUT2D eigenvalue weighted by Crippen LogP contribution is 2.27. The Bertz CT molecular complexity index is 120. The lowest BCUT2D eigenvalue weighted by atomic mass is 9.83. The first-order valence-electron chi connectivity index (χ1n) is 5.38. The number of aliphatic hydroxyl groups is 1. The van der Waals surface area contributed by atoms with Crippen molar-refractivity contribution in [3.63, 3.8) is 0 Å². The standard InChI is InChI=1S/C11H22O/c1-9(2)10-5-3-4-6-11(12)8-7-10/h9-12H,3-8H2,1-2H3. The summed E-state index contributed by atoms with van der Waals surface area (Å²) in [5, 5.41) is 9.51. The first-order chi connectivity index (χ1) is 5.70. The van der Waals surface area contributed by atoms with Crippen LogP contribution in [0.5, 0.6) is 0 Å². The maximum atomic E-state index is 9.51. The summed E-state index contributed by atoms with van der Waals surface area (Å²) in [6, 6.07) is 0. The Labute approximate surface area is 76.2 Å². The van der Waals surface area contributed by atoms with Crippen molar-refractivity contribution >= 4 is 0 Å². The minimum Gasteiger partial charge on any atom is -0.393 e. The third-order valence-electron chi connectivity index (χ3n) is 3.18. The lowest BCUT2D eigenvalue weighted by molar-refractivity contribution is 0.123. The van der Waals surface area contributed by atoms with Crippen LogP contribution in [0.3, 0.4) is 0 Å². The van der Waals surface area contributed by atoms with Crippen LogP contribution in [-0.2, 0) is 0 Å². The first-order valence-corrected chi connectivity index (χ1v) is 5.38. The van der Waals surface area contributed by atoms with E-state index in [9.17, 15) is 5.11 Å². The molecule has 0 heterocycles. The van der Waals surface area contributed by atoms with Crippen LogP contribution in [0, 0.1) is 11.8 Å². The fourth-order valence-electron chi connectivity index (χ4n) is 2.15. The molecule has 0 aromatic carbocycles. The van der Waals surface area contributed by atoms with Crippen LogP contribution in [-0.4, -0.2) is 11.2 Å². The van der Waals surface area contributed by atoms with Gasteiger partial charge in [-0.25, -0.2) is 0 Å². The molecule has 1 rings (SSSR count). The summed E-state index contributed by atoms with van der Waals surface area (Å²) >= 11 is 0. The van der Waals surface area contributed by atoms with Gasteiger partial charge < -0.3 is 5.11 Å². The molecule has 12 heavy (non-hydrogen) atoms. The summed E-state index contributed by atoms with van der Waals surface area (Å²) in [6.07, 6.45) is 7.22. The molecular weight excluding hydrogens is 148 g/mol. The van der Waals surface area contributed by atoms with Gasteiger partial charge in [-0.05, 0) is 31.1 Å². The molecule has 1 nitrogen and oxygen atoms in total. The Morgan fingerprint density at radius 3 is 2.33 bits per heavy atom. The average Bonchev–Trinajstić information content (AvgIpc) is 1.97. The van der Waals surface area contributed by atoms with Gasteiger partial charge in [0.1, 0.15) is 0 Å². The molecule has 0 spiro atoms. The minimum absolute atomic E-state index is 0.00782. The molecule has 0 radical (unpaired) electrons. The van der Waals surface area contributed by atoms with E-state index in [0.717, 1.165) is 24.7 Å². The van der Waals surface area contributed by atoms with Gasteiger partial charge in [0.15, 0.2) is 0 Å². The van der Waals surface area contributed by atoms with Crippen LogP contribution < -0.4 is 0 Å². The van der Waals surface area contributed by atoms with E-state index >= 15 is 0 Å². The smallest absolute Gasteiger partial charge is 0.0540 e. The third kappa shape index (κ3) is 3.14. The number of rotatable bonds is 1. The molecular formula is C11H22O. The van der Waals surface area contributed by atoms with Crippen molar-refractivity contribution in [3.05, 3.63) is 0 Å². The van der Waals surface area contributed by atoms with Crippen LogP contribution >= 0.6 is 0 Å². The summed E-state index contributed by atoms with van der Waals surface area (Å²) < 4.78 is 0. The van der Waals surface area contributed by atoms with E-state index in [0.29, 0.717) is 0 Å². The van der Waals surface area contributed by atoms with Crippen molar-refractivity contribution in [1.82, 2.24) is 0 Å². The number of hydrogen-bond donors (Lipinski definition) is 1. The molecule has 1 saturated carbocycles. The highest BCUT2D eigenvalue weighted by molar-refractivity contribution is 4.69. The van der Waals surface area contributed by atoms with E-state index in [1.165, 1.54) is 25.7 Å². The second kappa shape index (κ2) is 4.86. The van der Waals surface area contributed by atoms with Gasteiger partial charge in [0.05, 0.1) is 6.10 Å². The zero-order chi connectivity index (χ0) is 8.97. The Hall–Kier alpha value is -0.0400. The van der Waals surface area contributed by atoms with Gasteiger partial charge in [0.25, 0.3) is 0 Å². The molecule has 0 aliphatic heterocycles. The van der Waals surface area contributed by atoms with Gasteiger partial charge in [0, 0.05) is 0 Å². The summed E-state index contributed by atoms with van der Waals surface area (Å²) in [5.74, 6) is 1.66. The van der Waals surface area contributed by atoms with Crippen LogP contribution in [0.1, 0.15) is 52.4 Å². The van der Waals surface area contributed by atoms with E-state index in [4.69, 9.17) is 0 Å². The molecule has 0 aromatic rings. The van der Waals surface area contributed by atoms with Crippen LogP contribution in [0.15, 0.2) is 0 Å². The Morgan fingerprint density at radius 2 is 1.67 bits per heavy atom. The quantitative estimate of drug-likeness (QED) is 0.641. The number of aliphatic hydroxyl groups excluding tert-OH is 1. The second-order valence-corrected chi connectivity index (χ2v) is 4.52. The monoisotopic (exact) mass is 170 g/mol. The van der Waals surface area contributed by atoms with E-state index in [-0.39, 0.29) is 6.10 Å². The molecule has 1 aliphatic rings. The third-order valence-corrected chi connectivity index (χ3v) is 3.18. The van der Waals surface area contributed by atoms with E-state index in [1.807, 2.05) is 0 Å². The van der Waals surface area contributed by atoms with E-state index < -0.39 is 0 Å². The molecule has 0 aromatic heterocycles. The zero-order valence-electron chi connectivity index (χ0n) is 8.42. The molecule has 2 atom stereocenters. The van der Waals surface area contributed by atoms with Crippen molar-refractivity contribution < 1.29 is 5.11 Å². The molecule has 1 N–H and O–H groups in total. The normalized spacial score (nSPS) is 33.0. The lowest BCUT2D eigenvalue weighted by Crippen LogP contribution is -2.16. The summed E-state index contributed by atoms with van der Waals surface area (Å²) in [5.41, 5.74) is 0. The topological polar surface area (TPSA) is 20.2 Å². The highest BCUT2D eigenvalue weighted by atomic mass is 16.3. The predicted molar refractivity (Wildman–Crippen MR) is 52.0 cm³/mol. The minimum atomic E-state index is -0.00782. The summed E-state index contributed by atoms with van der Waals surface area (Å²) in [7, 11) is 0. The lowest BCUT2D eigenvalue weighted by Gasteiger charge is -2.25. The van der Waals surface area contributed by atoms with Crippen molar-refractivity contribution in [3.8, 4) is 0 Å². The van der Waals surface area contributed by atoms with Gasteiger partial charge in [-0.1, -0.05) is 33.1 Å². The number of hydrogen-bond acceptors (Lipinski definition) is 1. The largest absolute Gasteiger partial charge is 0.393 e. The summed E-state index contributed by atoms with van der Waals surface area (Å²) in [6.45, 7) is 4.61. The Kier molecular flexibility index (Phi) is 4.07. The van der Waals surface area contributed by atoms with Crippen molar-refractivity contribution in [2.45, 2.75) is 58.5 Å². The maximum absolute atomic E-state index is 9.51. The summed E-state index contributed by atoms with van der Waals surface area (Å²) in [4.78, 5) is 0. The molecule has 1 aliphatic carbocycles. The Morgan fingerprint density at radius 1 is 1.00 bits per heavy atom.